The van der Waals surface area contributed by atoms with Crippen LogP contribution < -0.4 is 0 Å². The molecule has 194 valence electrons. The Morgan fingerprint density at radius 2 is 1.74 bits per heavy atom. The smallest absolute Gasteiger partial charge is 0.272 e. The van der Waals surface area contributed by atoms with Gasteiger partial charge in [-0.3, -0.25) is 14.9 Å². The maximum Gasteiger partial charge on any atom is 0.272 e. The van der Waals surface area contributed by atoms with Gasteiger partial charge in [0.25, 0.3) is 11.6 Å². The topological polar surface area (TPSA) is 90.5 Å². The molecule has 5 rings (SSSR count). The lowest BCUT2D eigenvalue weighted by atomic mass is 10.1. The first kappa shape index (κ1) is 25.1. The van der Waals surface area contributed by atoms with Crippen molar-refractivity contribution >= 4 is 11.6 Å². The van der Waals surface area contributed by atoms with Crippen LogP contribution in [0.1, 0.15) is 17.4 Å². The minimum Gasteiger partial charge on any atom is -0.344 e. The molecule has 0 aliphatic carbocycles. The van der Waals surface area contributed by atoms with Crippen LogP contribution in [0, 0.1) is 33.4 Å². The van der Waals surface area contributed by atoms with Crippen LogP contribution in [0.2, 0.25) is 0 Å². The van der Waals surface area contributed by atoms with E-state index >= 15 is 0 Å². The fraction of sp³-hybridized carbons (Fsp3) is 0.154. The minimum absolute atomic E-state index is 0.0114. The molecule has 0 spiro atoms. The summed E-state index contributed by atoms with van der Waals surface area (Å²) in [6.45, 7) is -0.260. The van der Waals surface area contributed by atoms with Crippen molar-refractivity contribution in [2.45, 2.75) is 12.6 Å². The standard InChI is InChI=1S/C26H18F4N4O4/c27-17-4-1-16(2-5-17)25-20(13-33(31-25)18-7-8-21(28)23(30)11-18)26-32(24(35)14-38-26)10-9-15-3-6-19(34(36)37)12-22(15)29/h1-8,11-13,26H,9-10,14H2. The number of hydrogen-bond acceptors (Lipinski definition) is 5. The first-order valence-electron chi connectivity index (χ1n) is 11.4. The lowest BCUT2D eigenvalue weighted by Crippen LogP contribution is -2.31. The second-order valence-corrected chi connectivity index (χ2v) is 8.52. The van der Waals surface area contributed by atoms with E-state index in [0.29, 0.717) is 16.8 Å². The van der Waals surface area contributed by atoms with Crippen LogP contribution in [0.4, 0.5) is 23.2 Å². The SMILES string of the molecule is O=C1COC(c2cn(-c3ccc(F)c(F)c3)nc2-c2ccc(F)cc2)N1CCc1ccc([N+](=O)[O-])cc1F. The molecule has 8 nitrogen and oxygen atoms in total. The number of nitro groups is 1. The van der Waals surface area contributed by atoms with Gasteiger partial charge in [0.15, 0.2) is 17.9 Å². The number of halogens is 4. The van der Waals surface area contributed by atoms with Gasteiger partial charge in [0, 0.05) is 36.0 Å². The fourth-order valence-corrected chi connectivity index (χ4v) is 4.21. The van der Waals surface area contributed by atoms with E-state index in [4.69, 9.17) is 4.74 Å². The average Bonchev–Trinajstić information content (AvgIpc) is 3.49. The number of hydrogen-bond donors (Lipinski definition) is 0. The molecule has 38 heavy (non-hydrogen) atoms. The van der Waals surface area contributed by atoms with Crippen LogP contribution in [0.5, 0.6) is 0 Å². The molecule has 0 bridgehead atoms. The van der Waals surface area contributed by atoms with Gasteiger partial charge in [0.1, 0.15) is 23.9 Å². The summed E-state index contributed by atoms with van der Waals surface area (Å²) in [7, 11) is 0. The number of carbonyl (C=O) groups is 1. The van der Waals surface area contributed by atoms with Crippen LogP contribution in [0.3, 0.4) is 0 Å². The number of benzene rings is 3. The summed E-state index contributed by atoms with van der Waals surface area (Å²) in [6, 6.07) is 11.9. The highest BCUT2D eigenvalue weighted by molar-refractivity contribution is 5.80. The summed E-state index contributed by atoms with van der Waals surface area (Å²) in [5, 5.41) is 15.4. The molecule has 0 N–H and O–H groups in total. The largest absolute Gasteiger partial charge is 0.344 e. The number of aromatic nitrogens is 2. The third kappa shape index (κ3) is 4.85. The zero-order chi connectivity index (χ0) is 27.0. The summed E-state index contributed by atoms with van der Waals surface area (Å²) >= 11 is 0. The van der Waals surface area contributed by atoms with E-state index in [2.05, 4.69) is 5.10 Å². The molecule has 2 heterocycles. The maximum absolute atomic E-state index is 14.4. The summed E-state index contributed by atoms with van der Waals surface area (Å²) in [4.78, 5) is 24.2. The molecule has 1 amide bonds. The van der Waals surface area contributed by atoms with Crippen molar-refractivity contribution in [2.75, 3.05) is 13.2 Å². The Bertz CT molecular complexity index is 1540. The summed E-state index contributed by atoms with van der Waals surface area (Å²) < 4.78 is 62.5. The Balaban J connectivity index is 1.50. The van der Waals surface area contributed by atoms with Crippen molar-refractivity contribution in [1.82, 2.24) is 14.7 Å². The van der Waals surface area contributed by atoms with Crippen LogP contribution in [0.15, 0.2) is 66.9 Å². The molecule has 1 fully saturated rings. The van der Waals surface area contributed by atoms with E-state index in [1.807, 2.05) is 0 Å². The molecule has 1 atom stereocenters. The van der Waals surface area contributed by atoms with Crippen molar-refractivity contribution in [3.05, 3.63) is 111 Å². The average molecular weight is 526 g/mol. The fourth-order valence-electron chi connectivity index (χ4n) is 4.21. The van der Waals surface area contributed by atoms with Crippen molar-refractivity contribution < 1.29 is 32.0 Å². The van der Waals surface area contributed by atoms with Gasteiger partial charge in [0.05, 0.1) is 16.7 Å². The molecule has 1 aliphatic rings. The molecule has 1 saturated heterocycles. The highest BCUT2D eigenvalue weighted by Gasteiger charge is 2.36. The van der Waals surface area contributed by atoms with Crippen molar-refractivity contribution in [1.29, 1.82) is 0 Å². The summed E-state index contributed by atoms with van der Waals surface area (Å²) in [5.74, 6) is -3.75. The van der Waals surface area contributed by atoms with Crippen molar-refractivity contribution in [3.63, 3.8) is 0 Å². The molecule has 4 aromatic rings. The second kappa shape index (κ2) is 10.1. The number of nitro benzene ring substituents is 1. The molecule has 1 aliphatic heterocycles. The van der Waals surface area contributed by atoms with Crippen LogP contribution >= 0.6 is 0 Å². The van der Waals surface area contributed by atoms with Gasteiger partial charge >= 0.3 is 0 Å². The van der Waals surface area contributed by atoms with Crippen LogP contribution in [-0.2, 0) is 16.0 Å². The predicted molar refractivity (Wildman–Crippen MR) is 126 cm³/mol. The third-order valence-corrected chi connectivity index (χ3v) is 6.13. The van der Waals surface area contributed by atoms with Gasteiger partial charge in [0.2, 0.25) is 0 Å². The lowest BCUT2D eigenvalue weighted by molar-refractivity contribution is -0.385. The van der Waals surface area contributed by atoms with Crippen molar-refractivity contribution in [2.24, 2.45) is 0 Å². The summed E-state index contributed by atoms with van der Waals surface area (Å²) in [6.07, 6.45) is 0.565. The zero-order valence-electron chi connectivity index (χ0n) is 19.5. The van der Waals surface area contributed by atoms with E-state index in [-0.39, 0.29) is 36.7 Å². The number of nitrogens with zero attached hydrogens (tertiary/aromatic N) is 4. The molecular formula is C26H18F4N4O4. The monoisotopic (exact) mass is 526 g/mol. The maximum atomic E-state index is 14.4. The van der Waals surface area contributed by atoms with Crippen molar-refractivity contribution in [3.8, 4) is 16.9 Å². The predicted octanol–water partition coefficient (Wildman–Crippen LogP) is 5.10. The van der Waals surface area contributed by atoms with Gasteiger partial charge in [-0.15, -0.1) is 0 Å². The Morgan fingerprint density at radius 3 is 2.42 bits per heavy atom. The van der Waals surface area contributed by atoms with Crippen LogP contribution in [0.25, 0.3) is 16.9 Å². The van der Waals surface area contributed by atoms with Gasteiger partial charge < -0.3 is 9.64 Å². The molecule has 1 aromatic heterocycles. The Labute approximate surface area is 212 Å². The highest BCUT2D eigenvalue weighted by atomic mass is 19.2. The van der Waals surface area contributed by atoms with Gasteiger partial charge in [-0.2, -0.15) is 5.10 Å². The molecular weight excluding hydrogens is 508 g/mol. The molecule has 3 aromatic carbocycles. The quantitative estimate of drug-likeness (QED) is 0.190. The Kier molecular flexibility index (Phi) is 6.64. The van der Waals surface area contributed by atoms with E-state index in [9.17, 15) is 32.5 Å². The number of non-ortho nitro benzene ring substituents is 1. The first-order valence-corrected chi connectivity index (χ1v) is 11.4. The van der Waals surface area contributed by atoms with E-state index < -0.39 is 40.1 Å². The summed E-state index contributed by atoms with van der Waals surface area (Å²) in [5.41, 5.74) is 1.15. The third-order valence-electron chi connectivity index (χ3n) is 6.13. The van der Waals surface area contributed by atoms with Gasteiger partial charge in [-0.25, -0.2) is 22.2 Å². The van der Waals surface area contributed by atoms with E-state index in [1.165, 1.54) is 58.2 Å². The lowest BCUT2D eigenvalue weighted by Gasteiger charge is -2.23. The minimum atomic E-state index is -1.08. The van der Waals surface area contributed by atoms with E-state index in [0.717, 1.165) is 18.2 Å². The number of carbonyl (C=O) groups excluding carboxylic acids is 1. The first-order chi connectivity index (χ1) is 18.2. The second-order valence-electron chi connectivity index (χ2n) is 8.52. The molecule has 12 heteroatoms. The number of amides is 1. The molecule has 0 saturated carbocycles. The highest BCUT2D eigenvalue weighted by Crippen LogP contribution is 2.35. The normalized spacial score (nSPS) is 15.3. The van der Waals surface area contributed by atoms with Crippen LogP contribution in [-0.4, -0.2) is 38.7 Å². The zero-order valence-corrected chi connectivity index (χ0v) is 19.5. The van der Waals surface area contributed by atoms with Gasteiger partial charge in [-0.1, -0.05) is 0 Å². The molecule has 1 unspecified atom stereocenters. The van der Waals surface area contributed by atoms with Gasteiger partial charge in [-0.05, 0) is 54.4 Å². The molecule has 0 radical (unpaired) electrons. The Morgan fingerprint density at radius 1 is 0.974 bits per heavy atom. The number of rotatable bonds is 7. The number of ether oxygens (including phenoxy) is 1. The Hall–Kier alpha value is -4.58. The van der Waals surface area contributed by atoms with E-state index in [1.54, 1.807) is 0 Å².